The molecule has 7 heteroatoms. The summed E-state index contributed by atoms with van der Waals surface area (Å²) in [7, 11) is 3.59. The highest BCUT2D eigenvalue weighted by Crippen LogP contribution is 2.20. The molecule has 1 aromatic carbocycles. The first-order valence-electron chi connectivity index (χ1n) is 7.47. The number of allylic oxidation sites excluding steroid dienone is 1. The minimum Gasteiger partial charge on any atom is -0.491 e. The van der Waals surface area contributed by atoms with Crippen LogP contribution in [0.5, 0.6) is 5.75 Å². The third-order valence-corrected chi connectivity index (χ3v) is 2.94. The Morgan fingerprint density at radius 2 is 2.04 bits per heavy atom. The van der Waals surface area contributed by atoms with Crippen molar-refractivity contribution in [3.63, 3.8) is 0 Å². The van der Waals surface area contributed by atoms with Crippen molar-refractivity contribution in [2.45, 2.75) is 20.0 Å². The van der Waals surface area contributed by atoms with Gasteiger partial charge in [0.1, 0.15) is 11.8 Å². The number of benzene rings is 1. The second-order valence-corrected chi connectivity index (χ2v) is 5.62. The van der Waals surface area contributed by atoms with Crippen LogP contribution < -0.4 is 15.4 Å². The van der Waals surface area contributed by atoms with Crippen LogP contribution in [0.3, 0.4) is 0 Å². The zero-order chi connectivity index (χ0) is 17.7. The number of hydrogen-bond donors (Lipinski definition) is 1. The molecular formula is C17H20N6O. The van der Waals surface area contributed by atoms with Gasteiger partial charge in [-0.05, 0) is 37.6 Å². The Hall–Kier alpha value is -3.14. The van der Waals surface area contributed by atoms with Crippen LogP contribution in [0, 0.1) is 11.3 Å². The highest BCUT2D eigenvalue weighted by molar-refractivity contribution is 5.87. The summed E-state index contributed by atoms with van der Waals surface area (Å²) in [6.45, 7) is 3.92. The summed E-state index contributed by atoms with van der Waals surface area (Å²) in [5.41, 5.74) is 6.83. The van der Waals surface area contributed by atoms with Crippen LogP contribution in [-0.4, -0.2) is 35.2 Å². The van der Waals surface area contributed by atoms with Crippen LogP contribution in [0.25, 0.3) is 11.6 Å². The van der Waals surface area contributed by atoms with Gasteiger partial charge in [-0.1, -0.05) is 12.1 Å². The van der Waals surface area contributed by atoms with Gasteiger partial charge in [0.05, 0.1) is 11.7 Å². The molecule has 0 aliphatic carbocycles. The number of nitriles is 1. The Labute approximate surface area is 141 Å². The molecule has 2 aromatic rings. The Morgan fingerprint density at radius 1 is 1.29 bits per heavy atom. The largest absolute Gasteiger partial charge is 0.491 e. The van der Waals surface area contributed by atoms with Gasteiger partial charge in [-0.25, -0.2) is 0 Å². The molecule has 24 heavy (non-hydrogen) atoms. The number of nitrogens with zero attached hydrogens (tertiary/aromatic N) is 5. The molecule has 2 N–H and O–H groups in total. The minimum atomic E-state index is 0.0711. The van der Waals surface area contributed by atoms with Crippen molar-refractivity contribution in [1.82, 2.24) is 15.0 Å². The van der Waals surface area contributed by atoms with Crippen LogP contribution in [-0.2, 0) is 0 Å². The quantitative estimate of drug-likeness (QED) is 0.842. The van der Waals surface area contributed by atoms with E-state index in [1.54, 1.807) is 25.1 Å². The van der Waals surface area contributed by atoms with E-state index in [1.165, 1.54) is 0 Å². The molecule has 0 saturated heterocycles. The Kier molecular flexibility index (Phi) is 5.32. The van der Waals surface area contributed by atoms with Crippen LogP contribution in [0.15, 0.2) is 24.3 Å². The molecule has 2 rings (SSSR count). The van der Waals surface area contributed by atoms with Gasteiger partial charge in [0, 0.05) is 14.1 Å². The number of ether oxygens (including phenoxy) is 1. The van der Waals surface area contributed by atoms with E-state index in [2.05, 4.69) is 21.0 Å². The molecule has 7 nitrogen and oxygen atoms in total. The predicted octanol–water partition coefficient (Wildman–Crippen LogP) is 2.37. The van der Waals surface area contributed by atoms with Crippen molar-refractivity contribution >= 4 is 23.5 Å². The molecule has 0 fully saturated rings. The average molecular weight is 324 g/mol. The van der Waals surface area contributed by atoms with Crippen LogP contribution in [0.1, 0.15) is 25.2 Å². The number of nitrogens with two attached hydrogens (primary N) is 1. The van der Waals surface area contributed by atoms with E-state index in [4.69, 9.17) is 10.5 Å². The lowest BCUT2D eigenvalue weighted by molar-refractivity contribution is 0.242. The second-order valence-electron chi connectivity index (χ2n) is 5.62. The summed E-state index contributed by atoms with van der Waals surface area (Å²) in [4.78, 5) is 14.1. The molecule has 0 spiro atoms. The summed E-state index contributed by atoms with van der Waals surface area (Å²) in [5, 5.41) is 9.47. The summed E-state index contributed by atoms with van der Waals surface area (Å²) < 4.78 is 5.67. The number of aromatic nitrogens is 3. The molecule has 0 radical (unpaired) electrons. The first-order valence-corrected chi connectivity index (χ1v) is 7.47. The summed E-state index contributed by atoms with van der Waals surface area (Å²) in [6.07, 6.45) is 1.77. The van der Waals surface area contributed by atoms with Crippen LogP contribution >= 0.6 is 0 Å². The fourth-order valence-electron chi connectivity index (χ4n) is 1.96. The summed E-state index contributed by atoms with van der Waals surface area (Å²) in [6, 6.07) is 9.58. The summed E-state index contributed by atoms with van der Waals surface area (Å²) >= 11 is 0. The van der Waals surface area contributed by atoms with Crippen LogP contribution in [0.2, 0.25) is 0 Å². The van der Waals surface area contributed by atoms with Gasteiger partial charge in [-0.3, -0.25) is 0 Å². The topological polar surface area (TPSA) is 101 Å². The minimum absolute atomic E-state index is 0.0711. The van der Waals surface area contributed by atoms with Crippen molar-refractivity contribution in [3.8, 4) is 11.8 Å². The third-order valence-electron chi connectivity index (χ3n) is 2.94. The van der Waals surface area contributed by atoms with Crippen molar-refractivity contribution in [1.29, 1.82) is 5.26 Å². The Balaban J connectivity index is 2.42. The maximum atomic E-state index is 9.47. The van der Waals surface area contributed by atoms with Crippen molar-refractivity contribution in [3.05, 3.63) is 35.7 Å². The Bertz CT molecular complexity index is 792. The molecule has 124 valence electrons. The number of hydrogen-bond acceptors (Lipinski definition) is 7. The first kappa shape index (κ1) is 17.2. The van der Waals surface area contributed by atoms with E-state index in [9.17, 15) is 5.26 Å². The van der Waals surface area contributed by atoms with Gasteiger partial charge in [-0.2, -0.15) is 20.2 Å². The molecule has 0 unspecified atom stereocenters. The fourth-order valence-corrected chi connectivity index (χ4v) is 1.96. The maximum Gasteiger partial charge on any atom is 0.230 e. The van der Waals surface area contributed by atoms with E-state index < -0.39 is 0 Å². The van der Waals surface area contributed by atoms with E-state index in [0.717, 1.165) is 11.3 Å². The lowest BCUT2D eigenvalue weighted by Gasteiger charge is -2.11. The van der Waals surface area contributed by atoms with Crippen LogP contribution in [0.4, 0.5) is 11.9 Å². The lowest BCUT2D eigenvalue weighted by atomic mass is 10.1. The second kappa shape index (κ2) is 7.42. The predicted molar refractivity (Wildman–Crippen MR) is 94.3 cm³/mol. The normalized spacial score (nSPS) is 11.2. The maximum absolute atomic E-state index is 9.47. The smallest absolute Gasteiger partial charge is 0.230 e. The van der Waals surface area contributed by atoms with Gasteiger partial charge < -0.3 is 15.4 Å². The van der Waals surface area contributed by atoms with E-state index in [-0.39, 0.29) is 17.9 Å². The third kappa shape index (κ3) is 4.43. The standard InChI is InChI=1S/C17H20N6O/c1-11(2)24-14-7-5-6-12(9-14)8-13(10-18)15-20-16(19)22-17(21-15)23(3)4/h5-9,11H,1-4H3,(H2,19,20,21,22). The van der Waals surface area contributed by atoms with Gasteiger partial charge in [0.2, 0.25) is 11.9 Å². The zero-order valence-corrected chi connectivity index (χ0v) is 14.2. The molecule has 0 saturated carbocycles. The number of anilines is 2. The van der Waals surface area contributed by atoms with Gasteiger partial charge >= 0.3 is 0 Å². The molecule has 0 amide bonds. The average Bonchev–Trinajstić information content (AvgIpc) is 2.51. The monoisotopic (exact) mass is 324 g/mol. The van der Waals surface area contributed by atoms with Crippen molar-refractivity contribution < 1.29 is 4.74 Å². The Morgan fingerprint density at radius 3 is 2.67 bits per heavy atom. The fraction of sp³-hybridized carbons (Fsp3) is 0.294. The van der Waals surface area contributed by atoms with Gasteiger partial charge in [0.15, 0.2) is 5.82 Å². The SMILES string of the molecule is CC(C)Oc1cccc(C=C(C#N)c2nc(N)nc(N(C)C)n2)c1. The van der Waals surface area contributed by atoms with E-state index in [0.29, 0.717) is 11.5 Å². The van der Waals surface area contributed by atoms with Gasteiger partial charge in [-0.15, -0.1) is 0 Å². The molecule has 0 aliphatic rings. The first-order chi connectivity index (χ1) is 11.4. The zero-order valence-electron chi connectivity index (χ0n) is 14.2. The number of rotatable bonds is 5. The van der Waals surface area contributed by atoms with Gasteiger partial charge in [0.25, 0.3) is 0 Å². The van der Waals surface area contributed by atoms with Crippen molar-refractivity contribution in [2.24, 2.45) is 0 Å². The molecule has 0 atom stereocenters. The van der Waals surface area contributed by atoms with E-state index >= 15 is 0 Å². The lowest BCUT2D eigenvalue weighted by Crippen LogP contribution is -2.15. The highest BCUT2D eigenvalue weighted by Gasteiger charge is 2.11. The molecule has 0 aliphatic heterocycles. The molecule has 1 aromatic heterocycles. The van der Waals surface area contributed by atoms with E-state index in [1.807, 2.05) is 38.1 Å². The molecule has 0 bridgehead atoms. The number of nitrogen functional groups attached to an aromatic ring is 1. The molecular weight excluding hydrogens is 304 g/mol. The molecule has 1 heterocycles. The van der Waals surface area contributed by atoms with Crippen molar-refractivity contribution in [2.75, 3.05) is 24.7 Å². The summed E-state index contributed by atoms with van der Waals surface area (Å²) in [5.74, 6) is 1.45. The highest BCUT2D eigenvalue weighted by atomic mass is 16.5.